The van der Waals surface area contributed by atoms with Gasteiger partial charge < -0.3 is 10.6 Å². The summed E-state index contributed by atoms with van der Waals surface area (Å²) < 4.78 is 0. The highest BCUT2D eigenvalue weighted by Crippen LogP contribution is 2.40. The van der Waals surface area contributed by atoms with E-state index in [0.717, 1.165) is 48.9 Å². The van der Waals surface area contributed by atoms with Gasteiger partial charge >= 0.3 is 0 Å². The number of amides is 2. The summed E-state index contributed by atoms with van der Waals surface area (Å²) in [5.41, 5.74) is 6.86. The van der Waals surface area contributed by atoms with Crippen LogP contribution < -0.4 is 10.6 Å². The quantitative estimate of drug-likeness (QED) is 0.707. The Morgan fingerprint density at radius 3 is 2.42 bits per heavy atom. The molecule has 2 aliphatic rings. The number of hydrogen-bond donors (Lipinski definition) is 2. The van der Waals surface area contributed by atoms with Crippen molar-refractivity contribution in [3.8, 4) is 0 Å². The second kappa shape index (κ2) is 9.23. The van der Waals surface area contributed by atoms with Crippen LogP contribution >= 0.6 is 0 Å². The van der Waals surface area contributed by atoms with Crippen LogP contribution in [0.5, 0.6) is 0 Å². The minimum atomic E-state index is -0.190. The highest BCUT2D eigenvalue weighted by atomic mass is 16.2. The van der Waals surface area contributed by atoms with E-state index in [2.05, 4.69) is 51.9 Å². The maximum absolute atomic E-state index is 12.7. The molecule has 0 spiro atoms. The second-order valence-electron chi connectivity index (χ2n) is 9.11. The van der Waals surface area contributed by atoms with Crippen molar-refractivity contribution in [2.45, 2.75) is 65.0 Å². The fourth-order valence-electron chi connectivity index (χ4n) is 4.93. The zero-order valence-electron chi connectivity index (χ0n) is 18.8. The van der Waals surface area contributed by atoms with Crippen LogP contribution in [0, 0.1) is 20.8 Å². The zero-order valence-corrected chi connectivity index (χ0v) is 18.8. The van der Waals surface area contributed by atoms with E-state index in [0.29, 0.717) is 18.6 Å². The average molecular weight is 420 g/mol. The first-order valence-electron chi connectivity index (χ1n) is 11.4. The first-order valence-corrected chi connectivity index (χ1v) is 11.4. The maximum Gasteiger partial charge on any atom is 0.243 e. The number of hydrogen-bond acceptors (Lipinski definition) is 3. The Labute approximate surface area is 185 Å². The molecule has 5 nitrogen and oxygen atoms in total. The lowest BCUT2D eigenvalue weighted by Gasteiger charge is -2.35. The molecule has 1 fully saturated rings. The third-order valence-corrected chi connectivity index (χ3v) is 6.47. The number of aryl methyl sites for hydroxylation is 4. The molecule has 2 aromatic rings. The van der Waals surface area contributed by atoms with Crippen molar-refractivity contribution >= 4 is 17.5 Å². The van der Waals surface area contributed by atoms with Gasteiger partial charge in [0, 0.05) is 17.8 Å². The van der Waals surface area contributed by atoms with Gasteiger partial charge in [-0.3, -0.25) is 14.5 Å². The molecule has 1 unspecified atom stereocenters. The van der Waals surface area contributed by atoms with Crippen LogP contribution in [0.15, 0.2) is 36.4 Å². The number of fused-ring (bicyclic) bond motifs is 1. The van der Waals surface area contributed by atoms with Crippen molar-refractivity contribution in [3.63, 3.8) is 0 Å². The summed E-state index contributed by atoms with van der Waals surface area (Å²) >= 11 is 0. The van der Waals surface area contributed by atoms with E-state index in [1.807, 2.05) is 20.8 Å². The predicted octanol–water partition coefficient (Wildman–Crippen LogP) is 4.21. The lowest BCUT2D eigenvalue weighted by molar-refractivity contribution is -0.125. The highest BCUT2D eigenvalue weighted by Gasteiger charge is 2.37. The van der Waals surface area contributed by atoms with Gasteiger partial charge in [-0.15, -0.1) is 0 Å². The molecule has 2 aromatic carbocycles. The lowest BCUT2D eigenvalue weighted by atomic mass is 9.86. The third-order valence-electron chi connectivity index (χ3n) is 6.47. The van der Waals surface area contributed by atoms with Gasteiger partial charge in [-0.25, -0.2) is 0 Å². The zero-order chi connectivity index (χ0) is 22.0. The van der Waals surface area contributed by atoms with Crippen LogP contribution in [0.2, 0.25) is 0 Å². The molecule has 0 radical (unpaired) electrons. The van der Waals surface area contributed by atoms with Gasteiger partial charge in [0.2, 0.25) is 11.8 Å². The van der Waals surface area contributed by atoms with E-state index >= 15 is 0 Å². The minimum Gasteiger partial charge on any atom is -0.346 e. The molecule has 2 aliphatic carbocycles. The number of rotatable bonds is 7. The van der Waals surface area contributed by atoms with Gasteiger partial charge in [-0.05, 0) is 75.1 Å². The Balaban J connectivity index is 1.35. The number of anilines is 1. The Bertz CT molecular complexity index is 957. The van der Waals surface area contributed by atoms with E-state index in [1.54, 1.807) is 0 Å². The highest BCUT2D eigenvalue weighted by molar-refractivity contribution is 5.96. The van der Waals surface area contributed by atoms with Gasteiger partial charge in [0.15, 0.2) is 0 Å². The average Bonchev–Trinajstić information content (AvgIpc) is 3.58. The molecule has 164 valence electrons. The lowest BCUT2D eigenvalue weighted by Crippen LogP contribution is -2.43. The topological polar surface area (TPSA) is 61.4 Å². The molecule has 0 aromatic heterocycles. The van der Waals surface area contributed by atoms with Crippen molar-refractivity contribution in [2.75, 3.05) is 18.4 Å². The monoisotopic (exact) mass is 419 g/mol. The van der Waals surface area contributed by atoms with Crippen molar-refractivity contribution < 1.29 is 9.59 Å². The summed E-state index contributed by atoms with van der Waals surface area (Å²) in [5, 5.41) is 5.80. The molecular weight excluding hydrogens is 386 g/mol. The standard InChI is InChI=1S/C26H33N3O2/c1-17-13-18(2)26(19(3)14-17)28-24(30)15-27-25(31)16-29(21-11-12-21)23-10-6-8-20-7-4-5-9-22(20)23/h4-5,7,9,13-14,21,23H,6,8,10-12,15-16H2,1-3H3,(H,27,31)(H,28,30). The SMILES string of the molecule is Cc1cc(C)c(NC(=O)CNC(=O)CN(C2CC2)C2CCCc3ccccc32)c(C)c1. The molecule has 31 heavy (non-hydrogen) atoms. The molecule has 0 aliphatic heterocycles. The molecule has 1 saturated carbocycles. The molecule has 0 saturated heterocycles. The summed E-state index contributed by atoms with van der Waals surface area (Å²) in [5.74, 6) is -0.271. The molecule has 1 atom stereocenters. The number of carbonyl (C=O) groups is 2. The number of nitrogens with one attached hydrogen (secondary N) is 2. The smallest absolute Gasteiger partial charge is 0.243 e. The first kappa shape index (κ1) is 21.6. The van der Waals surface area contributed by atoms with Crippen molar-refractivity contribution in [1.82, 2.24) is 10.2 Å². The summed E-state index contributed by atoms with van der Waals surface area (Å²) in [6, 6.07) is 13.5. The van der Waals surface area contributed by atoms with E-state index in [9.17, 15) is 9.59 Å². The largest absolute Gasteiger partial charge is 0.346 e. The van der Waals surface area contributed by atoms with E-state index in [1.165, 1.54) is 16.7 Å². The second-order valence-corrected chi connectivity index (χ2v) is 9.11. The first-order chi connectivity index (χ1) is 14.9. The van der Waals surface area contributed by atoms with Crippen molar-refractivity contribution in [3.05, 3.63) is 64.2 Å². The number of nitrogens with zero attached hydrogens (tertiary/aromatic N) is 1. The third kappa shape index (κ3) is 5.16. The van der Waals surface area contributed by atoms with Crippen molar-refractivity contribution in [2.24, 2.45) is 0 Å². The molecule has 0 bridgehead atoms. The van der Waals surface area contributed by atoms with E-state index < -0.39 is 0 Å². The molecule has 4 rings (SSSR count). The molecule has 5 heteroatoms. The minimum absolute atomic E-state index is 0.00858. The van der Waals surface area contributed by atoms with Crippen LogP contribution in [-0.4, -0.2) is 35.8 Å². The van der Waals surface area contributed by atoms with Gasteiger partial charge in [0.25, 0.3) is 0 Å². The maximum atomic E-state index is 12.7. The number of carbonyl (C=O) groups excluding carboxylic acids is 2. The fourth-order valence-corrected chi connectivity index (χ4v) is 4.93. The summed E-state index contributed by atoms with van der Waals surface area (Å²) in [6.45, 7) is 6.36. The predicted molar refractivity (Wildman–Crippen MR) is 124 cm³/mol. The van der Waals surface area contributed by atoms with Gasteiger partial charge in [0.05, 0.1) is 13.1 Å². The fraction of sp³-hybridized carbons (Fsp3) is 0.462. The summed E-state index contributed by atoms with van der Waals surface area (Å²) in [7, 11) is 0. The van der Waals surface area contributed by atoms with Crippen LogP contribution in [0.4, 0.5) is 5.69 Å². The van der Waals surface area contributed by atoms with Crippen LogP contribution in [0.1, 0.15) is 59.5 Å². The van der Waals surface area contributed by atoms with Crippen LogP contribution in [0.3, 0.4) is 0 Å². The van der Waals surface area contributed by atoms with E-state index in [-0.39, 0.29) is 18.4 Å². The Hall–Kier alpha value is -2.66. The summed E-state index contributed by atoms with van der Waals surface area (Å²) in [6.07, 6.45) is 5.67. The Morgan fingerprint density at radius 2 is 1.71 bits per heavy atom. The van der Waals surface area contributed by atoms with E-state index in [4.69, 9.17) is 0 Å². The van der Waals surface area contributed by atoms with Crippen LogP contribution in [0.25, 0.3) is 0 Å². The van der Waals surface area contributed by atoms with Gasteiger partial charge in [-0.1, -0.05) is 42.0 Å². The number of benzene rings is 2. The molecule has 2 N–H and O–H groups in total. The Morgan fingerprint density at radius 1 is 1.00 bits per heavy atom. The molecule has 2 amide bonds. The molecule has 0 heterocycles. The van der Waals surface area contributed by atoms with Crippen LogP contribution in [-0.2, 0) is 16.0 Å². The Kier molecular flexibility index (Phi) is 6.42. The molecular formula is C26H33N3O2. The normalized spacial score (nSPS) is 17.9. The van der Waals surface area contributed by atoms with Crippen molar-refractivity contribution in [1.29, 1.82) is 0 Å². The summed E-state index contributed by atoms with van der Waals surface area (Å²) in [4.78, 5) is 27.6. The van der Waals surface area contributed by atoms with Gasteiger partial charge in [-0.2, -0.15) is 0 Å². The van der Waals surface area contributed by atoms with Gasteiger partial charge in [0.1, 0.15) is 0 Å².